The van der Waals surface area contributed by atoms with Crippen molar-refractivity contribution in [1.29, 1.82) is 0 Å². The number of nitrogens with one attached hydrogen (secondary N) is 1. The lowest BCUT2D eigenvalue weighted by molar-refractivity contribution is -0.121. The number of aliphatic imine (C=N–C) groups is 2. The van der Waals surface area contributed by atoms with Crippen molar-refractivity contribution in [2.75, 3.05) is 33.9 Å². The molecule has 0 aliphatic carbocycles. The molecule has 11 nitrogen and oxygen atoms in total. The number of hydrogen-bond donors (Lipinski definition) is 1. The number of carbonyl (C=O) groups excluding carboxylic acids is 2. The quantitative estimate of drug-likeness (QED) is 0.282. The maximum absolute atomic E-state index is 13.7. The van der Waals surface area contributed by atoms with Gasteiger partial charge < -0.3 is 29.2 Å². The Morgan fingerprint density at radius 3 is 2.50 bits per heavy atom. The molecule has 4 heterocycles. The molecule has 250 valence electrons. The second-order valence-electron chi connectivity index (χ2n) is 12.6. The van der Waals surface area contributed by atoms with Gasteiger partial charge >= 0.3 is 0 Å². The fourth-order valence-corrected chi connectivity index (χ4v) is 6.93. The largest absolute Gasteiger partial charge is 0.493 e. The van der Waals surface area contributed by atoms with E-state index in [2.05, 4.69) is 15.2 Å². The summed E-state index contributed by atoms with van der Waals surface area (Å²) in [5.41, 5.74) is 4.04. The van der Waals surface area contributed by atoms with Gasteiger partial charge in [-0.15, -0.1) is 0 Å². The molecule has 2 amide bonds. The number of hydrogen-bond acceptors (Lipinski definition) is 9. The number of nitrogens with zero attached hydrogens (tertiary/aromatic N) is 4. The minimum Gasteiger partial charge on any atom is -0.493 e. The Kier molecular flexibility index (Phi) is 9.29. The molecular weight excluding hydrogens is 610 g/mol. The fraction of sp³-hybridized carbons (Fsp3) is 0.405. The van der Waals surface area contributed by atoms with Crippen molar-refractivity contribution in [3.05, 3.63) is 71.3 Å². The summed E-state index contributed by atoms with van der Waals surface area (Å²) in [4.78, 5) is 40.2. The van der Waals surface area contributed by atoms with Gasteiger partial charge in [0.25, 0.3) is 5.91 Å². The minimum absolute atomic E-state index is 0.0768. The van der Waals surface area contributed by atoms with Crippen molar-refractivity contribution in [2.45, 2.75) is 63.4 Å². The summed E-state index contributed by atoms with van der Waals surface area (Å²) in [6.45, 7) is 3.06. The summed E-state index contributed by atoms with van der Waals surface area (Å²) < 4.78 is 23.3. The van der Waals surface area contributed by atoms with E-state index in [0.29, 0.717) is 79.3 Å². The third-order valence-electron chi connectivity index (χ3n) is 9.45. The minimum atomic E-state index is -0.224. The van der Waals surface area contributed by atoms with Crippen LogP contribution in [-0.4, -0.2) is 86.1 Å². The SMILES string of the molecule is COc1cc2c(cc1OCCCC(=O)N[C@H]1C[C@H]3C=Nc4cc(OCc5ccccc5)c(OC)cc4C(=O)N3C1)N=C[C@@H]1CCCN1C2. The first-order chi connectivity index (χ1) is 23.5. The predicted octanol–water partition coefficient (Wildman–Crippen LogP) is 5.24. The number of fused-ring (bicyclic) bond motifs is 4. The summed E-state index contributed by atoms with van der Waals surface area (Å²) >= 11 is 0. The standard InChI is InChI=1S/C37H41N5O6/c1-45-32-14-25-21-41-12-6-10-27(41)19-38-30(25)17-34(32)47-13-7-11-36(43)40-26-15-28-20-39-31-18-35(48-23-24-8-4-3-5-9-24)33(46-2)16-29(31)37(44)42(28)22-26/h3-5,8-9,14,16-20,26-28H,6-7,10-13,15,21-23H2,1-2H3,(H,40,43)/t26-,27-,28-/m0/s1. The molecule has 0 saturated carbocycles. The number of methoxy groups -OCH3 is 2. The maximum atomic E-state index is 13.7. The van der Waals surface area contributed by atoms with E-state index in [0.717, 1.165) is 36.3 Å². The normalized spacial score (nSPS) is 21.0. The second-order valence-corrected chi connectivity index (χ2v) is 12.6. The number of carbonyl (C=O) groups is 2. The Morgan fingerprint density at radius 1 is 0.917 bits per heavy atom. The maximum Gasteiger partial charge on any atom is 0.256 e. The third kappa shape index (κ3) is 6.73. The highest BCUT2D eigenvalue weighted by molar-refractivity contribution is 6.03. The lowest BCUT2D eigenvalue weighted by Crippen LogP contribution is -2.39. The molecule has 4 aliphatic rings. The Morgan fingerprint density at radius 2 is 1.67 bits per heavy atom. The van der Waals surface area contributed by atoms with Crippen LogP contribution in [0.15, 0.2) is 64.6 Å². The van der Waals surface area contributed by atoms with Gasteiger partial charge in [-0.25, -0.2) is 0 Å². The summed E-state index contributed by atoms with van der Waals surface area (Å²) in [5, 5.41) is 3.11. The molecule has 3 aromatic carbocycles. The van der Waals surface area contributed by atoms with Crippen LogP contribution in [0.5, 0.6) is 23.0 Å². The van der Waals surface area contributed by atoms with Crippen LogP contribution in [0.2, 0.25) is 0 Å². The monoisotopic (exact) mass is 651 g/mol. The first-order valence-electron chi connectivity index (χ1n) is 16.6. The molecule has 0 unspecified atom stereocenters. The van der Waals surface area contributed by atoms with Gasteiger partial charge in [0.05, 0.1) is 43.8 Å². The Balaban J connectivity index is 0.919. The smallest absolute Gasteiger partial charge is 0.256 e. The molecule has 48 heavy (non-hydrogen) atoms. The van der Waals surface area contributed by atoms with Gasteiger partial charge in [-0.2, -0.15) is 0 Å². The fourth-order valence-electron chi connectivity index (χ4n) is 6.93. The number of ether oxygens (including phenoxy) is 4. The van der Waals surface area contributed by atoms with Gasteiger partial charge in [0.15, 0.2) is 23.0 Å². The average Bonchev–Trinajstić information content (AvgIpc) is 3.66. The highest BCUT2D eigenvalue weighted by Crippen LogP contribution is 2.40. The molecule has 2 fully saturated rings. The van der Waals surface area contributed by atoms with E-state index in [4.69, 9.17) is 23.9 Å². The first kappa shape index (κ1) is 31.7. The van der Waals surface area contributed by atoms with Crippen LogP contribution in [0.1, 0.15) is 53.6 Å². The van der Waals surface area contributed by atoms with E-state index in [1.54, 1.807) is 37.5 Å². The molecule has 3 aromatic rings. The van der Waals surface area contributed by atoms with Crippen molar-refractivity contribution in [3.8, 4) is 23.0 Å². The first-order valence-corrected chi connectivity index (χ1v) is 16.6. The lowest BCUT2D eigenvalue weighted by Gasteiger charge is -2.21. The van der Waals surface area contributed by atoms with E-state index in [9.17, 15) is 9.59 Å². The zero-order valence-corrected chi connectivity index (χ0v) is 27.4. The predicted molar refractivity (Wildman–Crippen MR) is 183 cm³/mol. The molecule has 0 aromatic heterocycles. The molecule has 2 saturated heterocycles. The number of rotatable bonds is 11. The number of benzene rings is 3. The molecule has 11 heteroatoms. The van der Waals surface area contributed by atoms with Crippen molar-refractivity contribution in [3.63, 3.8) is 0 Å². The van der Waals surface area contributed by atoms with E-state index in [-0.39, 0.29) is 23.9 Å². The van der Waals surface area contributed by atoms with Crippen LogP contribution in [0, 0.1) is 0 Å². The zero-order chi connectivity index (χ0) is 33.0. The molecule has 0 radical (unpaired) electrons. The van der Waals surface area contributed by atoms with Crippen LogP contribution in [0.25, 0.3) is 0 Å². The third-order valence-corrected chi connectivity index (χ3v) is 9.45. The Bertz CT molecular complexity index is 1730. The molecule has 7 rings (SSSR count). The van der Waals surface area contributed by atoms with Crippen molar-refractivity contribution < 1.29 is 28.5 Å². The molecule has 3 atom stereocenters. The summed E-state index contributed by atoms with van der Waals surface area (Å²) in [5.74, 6) is 2.07. The van der Waals surface area contributed by atoms with Crippen molar-refractivity contribution >= 4 is 35.6 Å². The molecular formula is C37H41N5O6. The molecule has 0 spiro atoms. The van der Waals surface area contributed by atoms with Crippen LogP contribution >= 0.6 is 0 Å². The molecule has 0 bridgehead atoms. The summed E-state index contributed by atoms with van der Waals surface area (Å²) in [6.07, 6.45) is 7.60. The zero-order valence-electron chi connectivity index (χ0n) is 27.4. The van der Waals surface area contributed by atoms with Gasteiger partial charge in [-0.1, -0.05) is 30.3 Å². The van der Waals surface area contributed by atoms with E-state index in [1.807, 2.05) is 48.7 Å². The van der Waals surface area contributed by atoms with Crippen LogP contribution in [0.3, 0.4) is 0 Å². The van der Waals surface area contributed by atoms with Gasteiger partial charge in [-0.3, -0.25) is 24.5 Å². The van der Waals surface area contributed by atoms with Crippen molar-refractivity contribution in [1.82, 2.24) is 15.1 Å². The lowest BCUT2D eigenvalue weighted by atomic mass is 10.1. The Labute approximate surface area is 280 Å². The molecule has 4 aliphatic heterocycles. The van der Waals surface area contributed by atoms with E-state index < -0.39 is 0 Å². The highest BCUT2D eigenvalue weighted by atomic mass is 16.5. The van der Waals surface area contributed by atoms with Gasteiger partial charge in [0, 0.05) is 56.2 Å². The highest BCUT2D eigenvalue weighted by Gasteiger charge is 2.38. The van der Waals surface area contributed by atoms with Crippen LogP contribution in [0.4, 0.5) is 11.4 Å². The Hall–Kier alpha value is -4.90. The van der Waals surface area contributed by atoms with Gasteiger partial charge in [0.1, 0.15) is 6.61 Å². The molecule has 1 N–H and O–H groups in total. The van der Waals surface area contributed by atoms with E-state index in [1.165, 1.54) is 6.42 Å². The van der Waals surface area contributed by atoms with Gasteiger partial charge in [0.2, 0.25) is 5.91 Å². The van der Waals surface area contributed by atoms with E-state index >= 15 is 0 Å². The second kappa shape index (κ2) is 14.1. The number of amides is 2. The average molecular weight is 652 g/mol. The summed E-state index contributed by atoms with van der Waals surface area (Å²) in [7, 11) is 3.19. The van der Waals surface area contributed by atoms with Crippen LogP contribution in [-0.2, 0) is 17.9 Å². The van der Waals surface area contributed by atoms with Crippen LogP contribution < -0.4 is 24.3 Å². The van der Waals surface area contributed by atoms with Gasteiger partial charge in [-0.05, 0) is 55.5 Å². The van der Waals surface area contributed by atoms with Crippen molar-refractivity contribution in [2.24, 2.45) is 9.98 Å². The topological polar surface area (TPSA) is 114 Å². The summed E-state index contributed by atoms with van der Waals surface area (Å²) in [6, 6.07) is 17.2.